The van der Waals surface area contributed by atoms with Crippen molar-refractivity contribution in [1.29, 1.82) is 0 Å². The van der Waals surface area contributed by atoms with Gasteiger partial charge in [-0.3, -0.25) is 9.59 Å². The van der Waals surface area contributed by atoms with Crippen molar-refractivity contribution in [3.63, 3.8) is 0 Å². The summed E-state index contributed by atoms with van der Waals surface area (Å²) in [6.07, 6.45) is 12.7. The molecule has 1 N–H and O–H groups in total. The van der Waals surface area contributed by atoms with Crippen LogP contribution in [-0.2, 0) is 14.3 Å². The zero-order valence-electron chi connectivity index (χ0n) is 13.7. The molecule has 3 atom stereocenters. The topological polar surface area (TPSA) is 63.6 Å². The number of Topliss-reactive ketones (excluding diaryl/α,β-unsaturated/α-hetero) is 1. The van der Waals surface area contributed by atoms with E-state index in [1.54, 1.807) is 0 Å². The van der Waals surface area contributed by atoms with Crippen LogP contribution in [0.15, 0.2) is 24.3 Å². The molecule has 0 saturated heterocycles. The third kappa shape index (κ3) is 6.14. The summed E-state index contributed by atoms with van der Waals surface area (Å²) in [5.74, 6) is -0.363. The second kappa shape index (κ2) is 10.3. The fourth-order valence-electron chi connectivity index (χ4n) is 2.71. The van der Waals surface area contributed by atoms with Gasteiger partial charge in [0.1, 0.15) is 5.78 Å². The maximum absolute atomic E-state index is 12.0. The summed E-state index contributed by atoms with van der Waals surface area (Å²) < 4.78 is 4.59. The lowest BCUT2D eigenvalue weighted by Gasteiger charge is -2.14. The fourth-order valence-corrected chi connectivity index (χ4v) is 2.71. The van der Waals surface area contributed by atoms with E-state index < -0.39 is 6.10 Å². The van der Waals surface area contributed by atoms with Crippen molar-refractivity contribution in [2.24, 2.45) is 11.8 Å². The van der Waals surface area contributed by atoms with Crippen LogP contribution >= 0.6 is 0 Å². The van der Waals surface area contributed by atoms with Crippen LogP contribution in [0.25, 0.3) is 0 Å². The number of carbonyl (C=O) groups excluding carboxylic acids is 2. The number of aliphatic hydroxyl groups is 1. The van der Waals surface area contributed by atoms with Crippen LogP contribution in [0.5, 0.6) is 0 Å². The van der Waals surface area contributed by atoms with E-state index in [1.807, 2.05) is 18.2 Å². The van der Waals surface area contributed by atoms with E-state index in [1.165, 1.54) is 7.11 Å². The van der Waals surface area contributed by atoms with Gasteiger partial charge >= 0.3 is 5.97 Å². The first-order valence-electron chi connectivity index (χ1n) is 8.21. The van der Waals surface area contributed by atoms with E-state index in [2.05, 4.69) is 17.7 Å². The molecule has 0 amide bonds. The summed E-state index contributed by atoms with van der Waals surface area (Å²) in [6, 6.07) is 0. The van der Waals surface area contributed by atoms with Crippen molar-refractivity contribution in [1.82, 2.24) is 0 Å². The van der Waals surface area contributed by atoms with Crippen molar-refractivity contribution in [2.45, 2.75) is 58.0 Å². The maximum atomic E-state index is 12.0. The molecule has 0 heterocycles. The van der Waals surface area contributed by atoms with E-state index in [0.717, 1.165) is 32.1 Å². The number of methoxy groups -OCH3 is 1. The molecule has 4 nitrogen and oxygen atoms in total. The molecule has 0 unspecified atom stereocenters. The highest BCUT2D eigenvalue weighted by Gasteiger charge is 2.38. The largest absolute Gasteiger partial charge is 0.469 e. The van der Waals surface area contributed by atoms with Gasteiger partial charge in [0.05, 0.1) is 13.2 Å². The van der Waals surface area contributed by atoms with Gasteiger partial charge in [0.2, 0.25) is 0 Å². The van der Waals surface area contributed by atoms with Crippen molar-refractivity contribution in [2.75, 3.05) is 7.11 Å². The van der Waals surface area contributed by atoms with E-state index in [-0.39, 0.29) is 30.0 Å². The fraction of sp³-hybridized carbons (Fsp3) is 0.667. The summed E-state index contributed by atoms with van der Waals surface area (Å²) in [6.45, 7) is 2.10. The van der Waals surface area contributed by atoms with Crippen LogP contribution in [0.2, 0.25) is 0 Å². The Balaban J connectivity index is 2.41. The molecule has 22 heavy (non-hydrogen) atoms. The molecular weight excluding hydrogens is 280 g/mol. The summed E-state index contributed by atoms with van der Waals surface area (Å²) in [5.41, 5.74) is 0. The number of ether oxygens (including phenoxy) is 1. The Morgan fingerprint density at radius 3 is 2.68 bits per heavy atom. The van der Waals surface area contributed by atoms with Gasteiger partial charge in [-0.1, -0.05) is 37.6 Å². The third-order valence-electron chi connectivity index (χ3n) is 4.03. The van der Waals surface area contributed by atoms with Crippen LogP contribution in [0, 0.1) is 11.8 Å². The predicted molar refractivity (Wildman–Crippen MR) is 86.3 cm³/mol. The monoisotopic (exact) mass is 308 g/mol. The lowest BCUT2D eigenvalue weighted by Crippen LogP contribution is -2.16. The van der Waals surface area contributed by atoms with Crippen molar-refractivity contribution >= 4 is 11.8 Å². The van der Waals surface area contributed by atoms with Gasteiger partial charge in [-0.05, 0) is 25.7 Å². The number of rotatable bonds is 9. The Labute approximate surface area is 133 Å². The first-order valence-corrected chi connectivity index (χ1v) is 8.21. The van der Waals surface area contributed by atoms with Gasteiger partial charge in [0.25, 0.3) is 0 Å². The number of hydrogen-bond donors (Lipinski definition) is 1. The number of allylic oxidation sites excluding steroid dienone is 3. The smallest absolute Gasteiger partial charge is 0.305 e. The van der Waals surface area contributed by atoms with Crippen LogP contribution in [0.1, 0.15) is 51.9 Å². The van der Waals surface area contributed by atoms with Gasteiger partial charge in [-0.2, -0.15) is 0 Å². The minimum absolute atomic E-state index is 0.0923. The molecule has 0 bridgehead atoms. The lowest BCUT2D eigenvalue weighted by atomic mass is 9.92. The second-order valence-corrected chi connectivity index (χ2v) is 5.81. The lowest BCUT2D eigenvalue weighted by molar-refractivity contribution is -0.140. The summed E-state index contributed by atoms with van der Waals surface area (Å²) >= 11 is 0. The Hall–Kier alpha value is -1.42. The Morgan fingerprint density at radius 2 is 2.00 bits per heavy atom. The van der Waals surface area contributed by atoms with Crippen LogP contribution in [0.4, 0.5) is 0 Å². The molecule has 0 aromatic carbocycles. The highest BCUT2D eigenvalue weighted by molar-refractivity contribution is 5.86. The van der Waals surface area contributed by atoms with E-state index in [9.17, 15) is 14.7 Å². The van der Waals surface area contributed by atoms with E-state index in [0.29, 0.717) is 6.42 Å². The van der Waals surface area contributed by atoms with Crippen molar-refractivity contribution in [3.05, 3.63) is 24.3 Å². The van der Waals surface area contributed by atoms with E-state index >= 15 is 0 Å². The molecule has 124 valence electrons. The van der Waals surface area contributed by atoms with Gasteiger partial charge in [-0.15, -0.1) is 0 Å². The highest BCUT2D eigenvalue weighted by Crippen LogP contribution is 2.31. The van der Waals surface area contributed by atoms with Crippen LogP contribution in [-0.4, -0.2) is 30.1 Å². The number of carbonyl (C=O) groups is 2. The number of hydrogen-bond acceptors (Lipinski definition) is 4. The zero-order valence-corrected chi connectivity index (χ0v) is 13.7. The van der Waals surface area contributed by atoms with Gasteiger partial charge < -0.3 is 9.84 Å². The van der Waals surface area contributed by atoms with Crippen LogP contribution < -0.4 is 0 Å². The molecule has 0 aromatic heterocycles. The average molecular weight is 308 g/mol. The first kappa shape index (κ1) is 18.6. The molecule has 0 aliphatic heterocycles. The third-order valence-corrected chi connectivity index (χ3v) is 4.03. The highest BCUT2D eigenvalue weighted by atomic mass is 16.5. The molecule has 0 aromatic rings. The molecule has 1 saturated carbocycles. The quantitative estimate of drug-likeness (QED) is 0.403. The number of ketones is 1. The van der Waals surface area contributed by atoms with Crippen LogP contribution in [0.3, 0.4) is 0 Å². The van der Waals surface area contributed by atoms with Gasteiger partial charge in [0, 0.05) is 24.7 Å². The first-order chi connectivity index (χ1) is 10.6. The predicted octanol–water partition coefficient (Wildman–Crippen LogP) is 3.20. The summed E-state index contributed by atoms with van der Waals surface area (Å²) in [7, 11) is 1.39. The SMILES string of the molecule is CCC/C=C/[C@H]1[C@H](O)CC(=O)[C@@H]1/C=C/CCCCC(=O)OC. The van der Waals surface area contributed by atoms with Gasteiger partial charge in [-0.25, -0.2) is 0 Å². The molecule has 4 heteroatoms. The number of unbranched alkanes of at least 4 members (excludes halogenated alkanes) is 3. The Morgan fingerprint density at radius 1 is 1.27 bits per heavy atom. The molecule has 1 fully saturated rings. The Bertz CT molecular complexity index is 411. The minimum atomic E-state index is -0.561. The molecule has 0 spiro atoms. The number of aliphatic hydroxyl groups excluding tert-OH is 1. The normalized spacial score (nSPS) is 25.4. The zero-order chi connectivity index (χ0) is 16.4. The molecule has 0 radical (unpaired) electrons. The Kier molecular flexibility index (Phi) is 8.75. The number of esters is 1. The van der Waals surface area contributed by atoms with Crippen molar-refractivity contribution in [3.8, 4) is 0 Å². The van der Waals surface area contributed by atoms with Gasteiger partial charge in [0.15, 0.2) is 0 Å². The summed E-state index contributed by atoms with van der Waals surface area (Å²) in [5, 5.41) is 10.0. The standard InChI is InChI=1S/C18H28O4/c1-3-4-7-10-14-15(17(20)13-16(14)19)11-8-5-6-9-12-18(21)22-2/h7-8,10-11,14-16,19H,3-6,9,12-13H2,1-2H3/b10-7+,11-8+/t14-,15-,16-/m1/s1. The minimum Gasteiger partial charge on any atom is -0.469 e. The average Bonchev–Trinajstić information content (AvgIpc) is 2.77. The van der Waals surface area contributed by atoms with E-state index in [4.69, 9.17) is 0 Å². The molecule has 1 aliphatic carbocycles. The maximum Gasteiger partial charge on any atom is 0.305 e. The molecule has 1 aliphatic rings. The molecule has 1 rings (SSSR count). The second-order valence-electron chi connectivity index (χ2n) is 5.81. The van der Waals surface area contributed by atoms with Crippen molar-refractivity contribution < 1.29 is 19.4 Å². The summed E-state index contributed by atoms with van der Waals surface area (Å²) in [4.78, 5) is 23.0. The molecular formula is C18H28O4.